The number of carbonyl (C=O) groups excluding carboxylic acids is 3. The number of pyridine rings is 1. The van der Waals surface area contributed by atoms with E-state index in [1.54, 1.807) is 17.6 Å². The van der Waals surface area contributed by atoms with Crippen molar-refractivity contribution in [3.05, 3.63) is 68.7 Å². The largest absolute Gasteiger partial charge is 0.464 e. The number of fused-ring (bicyclic) bond motifs is 6. The topological polar surface area (TPSA) is 178 Å². The lowest BCUT2D eigenvalue weighted by molar-refractivity contribution is -0.156. The molecule has 6 fully saturated rings. The number of benzene rings is 1. The van der Waals surface area contributed by atoms with Crippen molar-refractivity contribution in [1.29, 1.82) is 0 Å². The van der Waals surface area contributed by atoms with Crippen LogP contribution in [0.1, 0.15) is 106 Å². The molecular formula is C58H76N10O8S2. The van der Waals surface area contributed by atoms with E-state index in [9.17, 15) is 9.59 Å². The summed E-state index contributed by atoms with van der Waals surface area (Å²) in [5, 5.41) is 10.7. The zero-order chi connectivity index (χ0) is 53.7. The number of nitrogens with zero attached hydrogens (tertiary/aromatic N) is 8. The summed E-state index contributed by atoms with van der Waals surface area (Å²) in [7, 11) is 1.74. The first kappa shape index (κ1) is 53.7. The molecule has 0 unspecified atom stereocenters. The first-order chi connectivity index (χ1) is 37.9. The van der Waals surface area contributed by atoms with Crippen LogP contribution in [0.25, 0.3) is 33.4 Å². The van der Waals surface area contributed by atoms with E-state index in [4.69, 9.17) is 33.7 Å². The summed E-state index contributed by atoms with van der Waals surface area (Å²) in [5.74, 6) is -1.25. The van der Waals surface area contributed by atoms with Gasteiger partial charge in [0, 0.05) is 129 Å². The molecule has 78 heavy (non-hydrogen) atoms. The molecule has 20 heteroatoms. The van der Waals surface area contributed by atoms with Crippen molar-refractivity contribution in [1.82, 2.24) is 45.1 Å². The second-order valence-electron chi connectivity index (χ2n) is 23.4. The fraction of sp³-hybridized carbons (Fsp3) is 0.621. The monoisotopic (exact) mass is 1100 g/mol. The smallest absolute Gasteiger partial charge is 0.324 e. The van der Waals surface area contributed by atoms with Crippen molar-refractivity contribution >= 4 is 57.0 Å². The van der Waals surface area contributed by atoms with E-state index in [2.05, 4.69) is 92.3 Å². The van der Waals surface area contributed by atoms with Gasteiger partial charge in [-0.1, -0.05) is 26.8 Å². The molecule has 4 aromatic heterocycles. The van der Waals surface area contributed by atoms with Gasteiger partial charge in [-0.05, 0) is 81.5 Å². The van der Waals surface area contributed by atoms with Gasteiger partial charge in [-0.2, -0.15) is 0 Å². The van der Waals surface area contributed by atoms with E-state index in [-0.39, 0.29) is 48.4 Å². The average molecular weight is 1110 g/mol. The molecule has 0 spiro atoms. The molecule has 418 valence electrons. The molecule has 5 aliphatic heterocycles. The second-order valence-corrected chi connectivity index (χ2v) is 25.0. The Morgan fingerprint density at radius 2 is 1.74 bits per heavy atom. The Balaban J connectivity index is 0.994. The number of thiazole rings is 2. The predicted molar refractivity (Wildman–Crippen MR) is 299 cm³/mol. The van der Waals surface area contributed by atoms with Crippen LogP contribution < -0.4 is 15.6 Å². The number of carbonyl (C=O) groups is 3. The Labute approximate surface area is 465 Å². The molecule has 1 aromatic carbocycles. The maximum atomic E-state index is 15.4. The number of esters is 1. The summed E-state index contributed by atoms with van der Waals surface area (Å²) < 4.78 is 33.2. The molecule has 7 aliphatic rings. The maximum absolute atomic E-state index is 15.4. The Morgan fingerprint density at radius 3 is 2.50 bits per heavy atom. The summed E-state index contributed by atoms with van der Waals surface area (Å²) in [6, 6.07) is 7.25. The SMILES string of the molecule is CO[C@@H](C)c1ncc(N2CCN(C3CC3)CC2)cc1-c1c2c3cc(ccc3n1CCOC1CCOCC1)-c1csc(n1)[C@@H](N1CCOCC1)[C@H](NC(=O)[C@@H]1[C@@H](C)[C@H]1c1cscn1)C(=O)N1CCC[C@H](N1)C(=O)OCC(C)(C)C2. The lowest BCUT2D eigenvalue weighted by atomic mass is 9.84. The first-order valence-electron chi connectivity index (χ1n) is 28.5. The Bertz CT molecular complexity index is 2940. The standard InChI is InChI=1S/C58H76N10O8S2/c1-35-48(46-31-77-34-60-46)49(35)54(69)62-51-53(66-19-24-74-25-20-66)55-61-45(32-78-55)37-8-11-47-41(27-37)43(29-58(3,4)33-76-57(71)44-7-6-14-68(63-44)56(51)70)52(67(47)21-26-75-40-12-22-73-23-13-40)42-28-39(30-59-50(42)36(2)72-5)65-17-15-64(16-18-65)38-9-10-38/h8,11,27-28,30-32,34-36,38,40,44,48-49,51,53,63H,6-7,9-10,12-26,29,33H2,1-5H3,(H,62,69)/t35-,36-,44-,48-,49+,51-,53-/m0/s1. The fourth-order valence-corrected chi connectivity index (χ4v) is 14.4. The molecule has 2 N–H and O–H groups in total. The number of hydrogen-bond donors (Lipinski definition) is 2. The summed E-state index contributed by atoms with van der Waals surface area (Å²) in [5.41, 5.74) is 13.3. The molecule has 18 nitrogen and oxygen atoms in total. The van der Waals surface area contributed by atoms with Crippen molar-refractivity contribution in [3.63, 3.8) is 0 Å². The summed E-state index contributed by atoms with van der Waals surface area (Å²) >= 11 is 3.02. The number of morpholine rings is 1. The van der Waals surface area contributed by atoms with Gasteiger partial charge in [-0.15, -0.1) is 22.7 Å². The molecule has 9 heterocycles. The van der Waals surface area contributed by atoms with Gasteiger partial charge >= 0.3 is 5.97 Å². The second kappa shape index (κ2) is 22.9. The number of hydrogen-bond acceptors (Lipinski definition) is 17. The predicted octanol–water partition coefficient (Wildman–Crippen LogP) is 7.00. The van der Waals surface area contributed by atoms with E-state index in [1.807, 2.05) is 11.6 Å². The van der Waals surface area contributed by atoms with Crippen LogP contribution in [0, 0.1) is 17.3 Å². The van der Waals surface area contributed by atoms with Crippen molar-refractivity contribution < 1.29 is 38.1 Å². The van der Waals surface area contributed by atoms with Crippen LogP contribution in [0.5, 0.6) is 0 Å². The van der Waals surface area contributed by atoms with Gasteiger partial charge in [0.2, 0.25) is 5.91 Å². The first-order valence-corrected chi connectivity index (χ1v) is 30.3. The van der Waals surface area contributed by atoms with Gasteiger partial charge in [0.25, 0.3) is 5.91 Å². The number of nitrogens with one attached hydrogen (secondary N) is 2. The van der Waals surface area contributed by atoms with Crippen molar-refractivity contribution in [2.24, 2.45) is 17.3 Å². The zero-order valence-electron chi connectivity index (χ0n) is 45.8. The van der Waals surface area contributed by atoms with E-state index >= 15 is 4.79 Å². The number of methoxy groups -OCH3 is 1. The number of aromatic nitrogens is 4. The highest BCUT2D eigenvalue weighted by Crippen LogP contribution is 2.54. The van der Waals surface area contributed by atoms with Gasteiger partial charge < -0.3 is 38.5 Å². The average Bonchev–Trinajstić information content (AvgIpc) is 4.41. The lowest BCUT2D eigenvalue weighted by Crippen LogP contribution is -2.63. The molecule has 2 amide bonds. The van der Waals surface area contributed by atoms with Crippen LogP contribution in [0.2, 0.25) is 0 Å². The van der Waals surface area contributed by atoms with Gasteiger partial charge in [-0.25, -0.2) is 15.4 Å². The number of anilines is 1. The summed E-state index contributed by atoms with van der Waals surface area (Å²) in [6.45, 7) is 17.4. The lowest BCUT2D eigenvalue weighted by Gasteiger charge is -2.41. The van der Waals surface area contributed by atoms with Gasteiger partial charge in [-0.3, -0.25) is 34.2 Å². The van der Waals surface area contributed by atoms with E-state index in [1.165, 1.54) is 35.5 Å². The van der Waals surface area contributed by atoms with Gasteiger partial charge in [0.1, 0.15) is 17.1 Å². The van der Waals surface area contributed by atoms with Crippen molar-refractivity contribution in [2.75, 3.05) is 97.5 Å². The minimum absolute atomic E-state index is 0.0342. The molecule has 5 aromatic rings. The van der Waals surface area contributed by atoms with Gasteiger partial charge in [0.05, 0.1) is 84.8 Å². The Hall–Kier alpha value is -4.90. The van der Waals surface area contributed by atoms with E-state index in [0.29, 0.717) is 83.5 Å². The minimum Gasteiger partial charge on any atom is -0.464 e. The van der Waals surface area contributed by atoms with Crippen LogP contribution in [0.4, 0.5) is 5.69 Å². The van der Waals surface area contributed by atoms with Crippen LogP contribution in [-0.2, 0) is 51.0 Å². The van der Waals surface area contributed by atoms with Crippen LogP contribution in [0.3, 0.4) is 0 Å². The highest BCUT2D eigenvalue weighted by Gasteiger charge is 2.55. The highest BCUT2D eigenvalue weighted by atomic mass is 32.1. The number of rotatable bonds is 13. The number of amides is 2. The third-order valence-corrected chi connectivity index (χ3v) is 19.0. The van der Waals surface area contributed by atoms with Crippen molar-refractivity contribution in [2.45, 2.75) is 121 Å². The van der Waals surface area contributed by atoms with Crippen LogP contribution in [-0.4, -0.2) is 169 Å². The number of cyclic esters (lactones) is 1. The molecule has 12 rings (SSSR count). The molecule has 2 saturated carbocycles. The van der Waals surface area contributed by atoms with Crippen LogP contribution >= 0.6 is 22.7 Å². The third kappa shape index (κ3) is 11.1. The molecule has 0 radical (unpaired) electrons. The molecular weight excluding hydrogens is 1030 g/mol. The normalized spacial score (nSPS) is 27.1. The molecule has 2 aliphatic carbocycles. The van der Waals surface area contributed by atoms with Gasteiger partial charge in [0.15, 0.2) is 0 Å². The number of hydrazine groups is 1. The Kier molecular flexibility index (Phi) is 15.8. The summed E-state index contributed by atoms with van der Waals surface area (Å²) in [6.07, 6.45) is 7.77. The van der Waals surface area contributed by atoms with Crippen molar-refractivity contribution in [3.8, 4) is 22.5 Å². The molecule has 7 atom stereocenters. The Morgan fingerprint density at radius 1 is 0.949 bits per heavy atom. The molecule has 6 bridgehead atoms. The van der Waals surface area contributed by atoms with Crippen LogP contribution in [0.15, 0.2) is 46.7 Å². The summed E-state index contributed by atoms with van der Waals surface area (Å²) in [4.78, 5) is 67.1. The maximum Gasteiger partial charge on any atom is 0.324 e. The van der Waals surface area contributed by atoms with E-state index < -0.39 is 29.5 Å². The quantitative estimate of drug-likeness (QED) is 0.115. The molecule has 4 saturated heterocycles. The van der Waals surface area contributed by atoms with E-state index in [0.717, 1.165) is 101 Å². The third-order valence-electron chi connectivity index (χ3n) is 17.5. The minimum atomic E-state index is -1.04. The number of ether oxygens (including phenoxy) is 5. The zero-order valence-corrected chi connectivity index (χ0v) is 47.5. The fourth-order valence-electron chi connectivity index (χ4n) is 12.8. The number of piperazine rings is 1. The highest BCUT2D eigenvalue weighted by molar-refractivity contribution is 7.10.